The molecule has 0 saturated carbocycles. The Morgan fingerprint density at radius 2 is 1.84 bits per heavy atom. The van der Waals surface area contributed by atoms with Crippen molar-refractivity contribution >= 4 is 52.1 Å². The minimum atomic E-state index is -0.139. The second-order valence-electron chi connectivity index (χ2n) is 5.74. The van der Waals surface area contributed by atoms with Crippen LogP contribution in [-0.2, 0) is 9.59 Å². The number of piperazine rings is 1. The van der Waals surface area contributed by atoms with E-state index in [1.165, 1.54) is 0 Å². The summed E-state index contributed by atoms with van der Waals surface area (Å²) >= 11 is 11.5. The van der Waals surface area contributed by atoms with E-state index in [4.69, 9.17) is 23.8 Å². The van der Waals surface area contributed by atoms with Crippen LogP contribution in [0.5, 0.6) is 0 Å². The maximum Gasteiger partial charge on any atom is 0.225 e. The van der Waals surface area contributed by atoms with Crippen LogP contribution in [0.3, 0.4) is 0 Å². The van der Waals surface area contributed by atoms with Crippen molar-refractivity contribution in [1.29, 1.82) is 0 Å². The molecule has 0 bridgehead atoms. The number of carbonyl (C=O) groups excluding carboxylic acids is 2. The number of carbonyl (C=O) groups is 2. The highest BCUT2D eigenvalue weighted by atomic mass is 35.5. The fourth-order valence-electron chi connectivity index (χ4n) is 2.64. The third kappa shape index (κ3) is 5.31. The molecule has 0 aromatic heterocycles. The second kappa shape index (κ2) is 9.01. The predicted molar refractivity (Wildman–Crippen MR) is 105 cm³/mol. The Morgan fingerprint density at radius 3 is 2.40 bits per heavy atom. The molecule has 2 rings (SSSR count). The summed E-state index contributed by atoms with van der Waals surface area (Å²) in [6, 6.07) is 5.58. The Hall–Kier alpha value is -1.86. The number of thiocarbonyl (C=S) groups is 1. The summed E-state index contributed by atoms with van der Waals surface area (Å²) in [5, 5.41) is 6.39. The van der Waals surface area contributed by atoms with E-state index in [0.29, 0.717) is 31.0 Å². The first-order valence-corrected chi connectivity index (χ1v) is 9.16. The average molecular weight is 383 g/mol. The Balaban J connectivity index is 1.97. The summed E-state index contributed by atoms with van der Waals surface area (Å²) in [4.78, 5) is 27.1. The van der Waals surface area contributed by atoms with Crippen LogP contribution in [0.25, 0.3) is 0 Å². The number of hydrogen-bond acceptors (Lipinski definition) is 4. The van der Waals surface area contributed by atoms with E-state index >= 15 is 0 Å². The fourth-order valence-corrected chi connectivity index (χ4v) is 3.17. The number of nitrogens with zero attached hydrogens (tertiary/aromatic N) is 2. The van der Waals surface area contributed by atoms with Crippen molar-refractivity contribution in [3.05, 3.63) is 23.2 Å². The lowest BCUT2D eigenvalue weighted by Crippen LogP contribution is -2.48. The monoisotopic (exact) mass is 382 g/mol. The summed E-state index contributed by atoms with van der Waals surface area (Å²) < 4.78 is 0. The van der Waals surface area contributed by atoms with E-state index in [2.05, 4.69) is 15.5 Å². The highest BCUT2D eigenvalue weighted by molar-refractivity contribution is 7.80. The fraction of sp³-hybridized carbons (Fsp3) is 0.471. The minimum Gasteiger partial charge on any atom is -0.367 e. The molecule has 1 aliphatic heterocycles. The molecule has 6 nitrogen and oxygen atoms in total. The van der Waals surface area contributed by atoms with Crippen molar-refractivity contribution in [2.75, 3.05) is 36.4 Å². The zero-order valence-electron chi connectivity index (χ0n) is 14.5. The number of hydrogen-bond donors (Lipinski definition) is 2. The normalized spacial score (nSPS) is 14.2. The highest BCUT2D eigenvalue weighted by Crippen LogP contribution is 2.29. The van der Waals surface area contributed by atoms with E-state index in [1.807, 2.05) is 24.0 Å². The van der Waals surface area contributed by atoms with Crippen molar-refractivity contribution in [3.63, 3.8) is 0 Å². The van der Waals surface area contributed by atoms with Gasteiger partial charge < -0.3 is 20.4 Å². The van der Waals surface area contributed by atoms with Gasteiger partial charge in [0.1, 0.15) is 0 Å². The molecule has 1 aliphatic rings. The molecule has 136 valence electrons. The largest absolute Gasteiger partial charge is 0.367 e. The second-order valence-corrected chi connectivity index (χ2v) is 6.56. The number of nitrogens with one attached hydrogen (secondary N) is 2. The summed E-state index contributed by atoms with van der Waals surface area (Å²) in [7, 11) is 0. The Bertz CT molecular complexity index is 660. The number of halogens is 1. The van der Waals surface area contributed by atoms with E-state index in [9.17, 15) is 9.59 Å². The summed E-state index contributed by atoms with van der Waals surface area (Å²) in [5.74, 6) is 0.0487. The van der Waals surface area contributed by atoms with Crippen LogP contribution in [0, 0.1) is 0 Å². The molecule has 1 fully saturated rings. The Morgan fingerprint density at radius 1 is 1.16 bits per heavy atom. The molecule has 0 aliphatic carbocycles. The van der Waals surface area contributed by atoms with Gasteiger partial charge in [0.15, 0.2) is 5.11 Å². The van der Waals surface area contributed by atoms with Crippen LogP contribution in [-0.4, -0.2) is 48.0 Å². The van der Waals surface area contributed by atoms with E-state index in [0.717, 1.165) is 24.5 Å². The van der Waals surface area contributed by atoms with Gasteiger partial charge in [-0.15, -0.1) is 0 Å². The zero-order chi connectivity index (χ0) is 18.4. The standard InChI is InChI=1S/C17H23ClN4O2S/c1-3-15(23)20-17(25)19-12-5-6-14(13(18)11-12)21-7-9-22(10-8-21)16(24)4-2/h5-6,11H,3-4,7-10H2,1-2H3,(H2,19,20,23,25). The Labute approximate surface area is 158 Å². The van der Waals surface area contributed by atoms with Crippen LogP contribution in [0.15, 0.2) is 18.2 Å². The molecule has 0 radical (unpaired) electrons. The first-order valence-electron chi connectivity index (χ1n) is 8.37. The SMILES string of the molecule is CCC(=O)NC(=S)Nc1ccc(N2CCN(C(=O)CC)CC2)c(Cl)c1. The topological polar surface area (TPSA) is 64.7 Å². The lowest BCUT2D eigenvalue weighted by molar-refractivity contribution is -0.131. The van der Waals surface area contributed by atoms with Crippen molar-refractivity contribution < 1.29 is 9.59 Å². The molecule has 1 aromatic rings. The van der Waals surface area contributed by atoms with Gasteiger partial charge in [0, 0.05) is 44.7 Å². The molecule has 0 atom stereocenters. The maximum atomic E-state index is 11.8. The molecular formula is C17H23ClN4O2S. The molecule has 8 heteroatoms. The van der Waals surface area contributed by atoms with E-state index in [-0.39, 0.29) is 16.9 Å². The van der Waals surface area contributed by atoms with Gasteiger partial charge in [-0.3, -0.25) is 9.59 Å². The minimum absolute atomic E-state index is 0.139. The lowest BCUT2D eigenvalue weighted by Gasteiger charge is -2.36. The number of anilines is 2. The molecule has 0 unspecified atom stereocenters. The summed E-state index contributed by atoms with van der Waals surface area (Å²) in [5.41, 5.74) is 1.65. The first kappa shape index (κ1) is 19.5. The summed E-state index contributed by atoms with van der Waals surface area (Å²) in [6.45, 7) is 6.56. The van der Waals surface area contributed by atoms with Gasteiger partial charge in [-0.05, 0) is 30.4 Å². The van der Waals surface area contributed by atoms with Gasteiger partial charge in [0.25, 0.3) is 0 Å². The molecule has 1 heterocycles. The average Bonchev–Trinajstić information content (AvgIpc) is 2.61. The van der Waals surface area contributed by atoms with E-state index in [1.54, 1.807) is 13.0 Å². The molecular weight excluding hydrogens is 360 g/mol. The quantitative estimate of drug-likeness (QED) is 0.784. The van der Waals surface area contributed by atoms with Gasteiger partial charge in [-0.25, -0.2) is 0 Å². The summed E-state index contributed by atoms with van der Waals surface area (Å²) in [6.07, 6.45) is 0.906. The molecule has 2 amide bonds. The zero-order valence-corrected chi connectivity index (χ0v) is 16.0. The van der Waals surface area contributed by atoms with Crippen LogP contribution in [0.4, 0.5) is 11.4 Å². The van der Waals surface area contributed by atoms with Gasteiger partial charge in [-0.1, -0.05) is 25.4 Å². The lowest BCUT2D eigenvalue weighted by atomic mass is 10.2. The van der Waals surface area contributed by atoms with Crippen molar-refractivity contribution in [2.45, 2.75) is 26.7 Å². The van der Waals surface area contributed by atoms with Crippen LogP contribution >= 0.6 is 23.8 Å². The van der Waals surface area contributed by atoms with Gasteiger partial charge in [0.2, 0.25) is 11.8 Å². The number of benzene rings is 1. The van der Waals surface area contributed by atoms with E-state index < -0.39 is 0 Å². The van der Waals surface area contributed by atoms with Crippen LogP contribution in [0.2, 0.25) is 5.02 Å². The number of amides is 2. The van der Waals surface area contributed by atoms with Crippen LogP contribution < -0.4 is 15.5 Å². The van der Waals surface area contributed by atoms with Gasteiger partial charge >= 0.3 is 0 Å². The van der Waals surface area contributed by atoms with Crippen molar-refractivity contribution in [1.82, 2.24) is 10.2 Å². The van der Waals surface area contributed by atoms with Crippen molar-refractivity contribution in [3.8, 4) is 0 Å². The van der Waals surface area contributed by atoms with Gasteiger partial charge in [0.05, 0.1) is 10.7 Å². The smallest absolute Gasteiger partial charge is 0.225 e. The first-order chi connectivity index (χ1) is 11.9. The third-order valence-corrected chi connectivity index (χ3v) is 4.56. The van der Waals surface area contributed by atoms with Crippen molar-refractivity contribution in [2.24, 2.45) is 0 Å². The van der Waals surface area contributed by atoms with Gasteiger partial charge in [-0.2, -0.15) is 0 Å². The predicted octanol–water partition coefficient (Wildman–Crippen LogP) is 2.62. The molecule has 1 saturated heterocycles. The molecule has 1 aromatic carbocycles. The third-order valence-electron chi connectivity index (χ3n) is 4.06. The Kier molecular flexibility index (Phi) is 7.01. The molecule has 0 spiro atoms. The maximum absolute atomic E-state index is 11.8. The molecule has 2 N–H and O–H groups in total. The number of rotatable bonds is 4. The van der Waals surface area contributed by atoms with Crippen LogP contribution in [0.1, 0.15) is 26.7 Å². The highest BCUT2D eigenvalue weighted by Gasteiger charge is 2.21. The molecule has 25 heavy (non-hydrogen) atoms.